The van der Waals surface area contributed by atoms with Gasteiger partial charge in [-0.05, 0) is 24.6 Å². The molecule has 0 heterocycles. The third-order valence-corrected chi connectivity index (χ3v) is 2.61. The molecule has 0 spiro atoms. The third-order valence-electron chi connectivity index (χ3n) is 1.87. The van der Waals surface area contributed by atoms with Gasteiger partial charge in [-0.25, -0.2) is 5.48 Å². The second kappa shape index (κ2) is 6.40. The van der Waals surface area contributed by atoms with Gasteiger partial charge in [0.05, 0.1) is 6.61 Å². The number of amides is 1. The van der Waals surface area contributed by atoms with Crippen LogP contribution in [0.15, 0.2) is 24.3 Å². The van der Waals surface area contributed by atoms with Gasteiger partial charge in [0, 0.05) is 28.4 Å². The molecule has 5 heteroatoms. The van der Waals surface area contributed by atoms with Gasteiger partial charge in [0.1, 0.15) is 0 Å². The Morgan fingerprint density at radius 1 is 1.50 bits per heavy atom. The molecule has 1 N–H and O–H groups in total. The highest BCUT2D eigenvalue weighted by atomic mass is 32.2. The fourth-order valence-corrected chi connectivity index (χ4v) is 1.88. The first-order valence-electron chi connectivity index (χ1n) is 4.94. The van der Waals surface area contributed by atoms with E-state index in [0.717, 1.165) is 5.56 Å². The lowest BCUT2D eigenvalue weighted by Crippen LogP contribution is -2.23. The smallest absolute Gasteiger partial charge is 0.274 e. The molecule has 0 aliphatic rings. The number of hydroxylamine groups is 1. The van der Waals surface area contributed by atoms with Crippen molar-refractivity contribution in [2.24, 2.45) is 0 Å². The van der Waals surface area contributed by atoms with Crippen molar-refractivity contribution in [2.45, 2.75) is 12.7 Å². The molecule has 0 aromatic heterocycles. The summed E-state index contributed by atoms with van der Waals surface area (Å²) < 4.78 is 11.1. The van der Waals surface area contributed by atoms with Crippen molar-refractivity contribution in [1.29, 1.82) is 0 Å². The van der Waals surface area contributed by atoms with E-state index in [2.05, 4.69) is 5.48 Å². The summed E-state index contributed by atoms with van der Waals surface area (Å²) in [6.07, 6.45) is 1.63. The van der Waals surface area contributed by atoms with Crippen LogP contribution in [0.1, 0.15) is 22.8 Å². The lowest BCUT2D eigenvalue weighted by atomic mass is 10.1. The molecular formula is C11H15NO3S. The summed E-state index contributed by atoms with van der Waals surface area (Å²) in [4.78, 5) is 16.3. The van der Waals surface area contributed by atoms with E-state index in [0.29, 0.717) is 17.9 Å². The number of rotatable bonds is 5. The third kappa shape index (κ3) is 4.12. The van der Waals surface area contributed by atoms with Crippen molar-refractivity contribution in [3.05, 3.63) is 35.4 Å². The van der Waals surface area contributed by atoms with Crippen LogP contribution in [0.4, 0.5) is 0 Å². The number of hydrogen-bond acceptors (Lipinski definition) is 3. The Labute approximate surface area is 97.4 Å². The van der Waals surface area contributed by atoms with Crippen LogP contribution in [-0.4, -0.2) is 23.0 Å². The topological polar surface area (TPSA) is 55.4 Å². The summed E-state index contributed by atoms with van der Waals surface area (Å²) in [5, 5.41) is 0. The van der Waals surface area contributed by atoms with Gasteiger partial charge in [0.15, 0.2) is 0 Å². The van der Waals surface area contributed by atoms with Crippen LogP contribution in [0.5, 0.6) is 0 Å². The minimum atomic E-state index is -0.906. The second-order valence-electron chi connectivity index (χ2n) is 3.28. The molecule has 1 unspecified atom stereocenters. The van der Waals surface area contributed by atoms with Crippen molar-refractivity contribution in [1.82, 2.24) is 5.48 Å². The van der Waals surface area contributed by atoms with E-state index in [1.54, 1.807) is 31.4 Å². The van der Waals surface area contributed by atoms with E-state index in [9.17, 15) is 9.00 Å². The number of carbonyl (C=O) groups is 1. The van der Waals surface area contributed by atoms with Crippen LogP contribution in [-0.2, 0) is 21.4 Å². The highest BCUT2D eigenvalue weighted by molar-refractivity contribution is 7.83. The Hall–Kier alpha value is -1.20. The van der Waals surface area contributed by atoms with Crippen LogP contribution < -0.4 is 5.48 Å². The second-order valence-corrected chi connectivity index (χ2v) is 4.72. The normalized spacial score (nSPS) is 12.1. The van der Waals surface area contributed by atoms with Gasteiger partial charge in [0.25, 0.3) is 5.91 Å². The van der Waals surface area contributed by atoms with Crippen molar-refractivity contribution >= 4 is 16.7 Å². The minimum absolute atomic E-state index is 0.286. The molecule has 1 atom stereocenters. The molecule has 0 fully saturated rings. The Morgan fingerprint density at radius 3 is 2.88 bits per heavy atom. The van der Waals surface area contributed by atoms with Crippen molar-refractivity contribution in [2.75, 3.05) is 12.9 Å². The van der Waals surface area contributed by atoms with Crippen molar-refractivity contribution in [3.8, 4) is 0 Å². The molecule has 1 aromatic rings. The Kier molecular flexibility index (Phi) is 5.14. The van der Waals surface area contributed by atoms with E-state index in [1.807, 2.05) is 6.07 Å². The fourth-order valence-electron chi connectivity index (χ4n) is 1.23. The highest BCUT2D eigenvalue weighted by Gasteiger charge is 2.06. The Bertz CT molecular complexity index is 393. The SMILES string of the molecule is CCONC(=O)c1cccc(CS(C)=O)c1. The van der Waals surface area contributed by atoms with Gasteiger partial charge in [-0.1, -0.05) is 12.1 Å². The summed E-state index contributed by atoms with van der Waals surface area (Å²) in [7, 11) is -0.906. The lowest BCUT2D eigenvalue weighted by molar-refractivity contribution is 0.0364. The standard InChI is InChI=1S/C11H15NO3S/c1-3-15-12-11(13)10-6-4-5-9(7-10)8-16(2)14/h4-7H,3,8H2,1-2H3,(H,12,13). The van der Waals surface area contributed by atoms with Gasteiger partial charge in [0.2, 0.25) is 0 Å². The minimum Gasteiger partial charge on any atom is -0.274 e. The molecule has 0 aliphatic carbocycles. The molecule has 0 radical (unpaired) electrons. The molecule has 88 valence electrons. The van der Waals surface area contributed by atoms with E-state index >= 15 is 0 Å². The fraction of sp³-hybridized carbons (Fsp3) is 0.364. The molecule has 1 rings (SSSR count). The summed E-state index contributed by atoms with van der Waals surface area (Å²) in [6.45, 7) is 2.21. The molecule has 4 nitrogen and oxygen atoms in total. The zero-order chi connectivity index (χ0) is 12.0. The Balaban J connectivity index is 2.73. The van der Waals surface area contributed by atoms with Crippen molar-refractivity contribution in [3.63, 3.8) is 0 Å². The maximum atomic E-state index is 11.5. The van der Waals surface area contributed by atoms with E-state index in [4.69, 9.17) is 4.84 Å². The molecule has 0 bridgehead atoms. The maximum absolute atomic E-state index is 11.5. The van der Waals surface area contributed by atoms with E-state index in [-0.39, 0.29) is 5.91 Å². The molecule has 16 heavy (non-hydrogen) atoms. The number of benzene rings is 1. The number of carbonyl (C=O) groups excluding carboxylic acids is 1. The Morgan fingerprint density at radius 2 is 2.25 bits per heavy atom. The average Bonchev–Trinajstić information content (AvgIpc) is 2.25. The first kappa shape index (κ1) is 12.9. The molecular weight excluding hydrogens is 226 g/mol. The van der Waals surface area contributed by atoms with Crippen LogP contribution in [0.2, 0.25) is 0 Å². The average molecular weight is 241 g/mol. The molecule has 0 aliphatic heterocycles. The summed E-state index contributed by atoms with van der Waals surface area (Å²) in [5.41, 5.74) is 3.70. The van der Waals surface area contributed by atoms with Gasteiger partial charge < -0.3 is 0 Å². The van der Waals surface area contributed by atoms with Crippen molar-refractivity contribution < 1.29 is 13.8 Å². The zero-order valence-electron chi connectivity index (χ0n) is 9.36. The summed E-state index contributed by atoms with van der Waals surface area (Å²) in [5.74, 6) is 0.168. The maximum Gasteiger partial charge on any atom is 0.274 e. The molecule has 0 saturated carbocycles. The summed E-state index contributed by atoms with van der Waals surface area (Å²) in [6, 6.07) is 7.02. The van der Waals surface area contributed by atoms with Crippen LogP contribution in [0, 0.1) is 0 Å². The lowest BCUT2D eigenvalue weighted by Gasteiger charge is -2.05. The quantitative estimate of drug-likeness (QED) is 0.789. The van der Waals surface area contributed by atoms with Crippen LogP contribution in [0.25, 0.3) is 0 Å². The largest absolute Gasteiger partial charge is 0.274 e. The van der Waals surface area contributed by atoms with Gasteiger partial charge in [-0.2, -0.15) is 0 Å². The predicted molar refractivity (Wildman–Crippen MR) is 63.3 cm³/mol. The first-order valence-corrected chi connectivity index (χ1v) is 6.67. The van der Waals surface area contributed by atoms with Crippen LogP contribution >= 0.6 is 0 Å². The predicted octanol–water partition coefficient (Wildman–Crippen LogP) is 1.25. The molecule has 1 amide bonds. The van der Waals surface area contributed by atoms with E-state index < -0.39 is 10.8 Å². The molecule has 1 aromatic carbocycles. The number of hydrogen-bond donors (Lipinski definition) is 1. The first-order chi connectivity index (χ1) is 7.63. The van der Waals surface area contributed by atoms with Gasteiger partial charge in [-0.15, -0.1) is 0 Å². The molecule has 0 saturated heterocycles. The van der Waals surface area contributed by atoms with Crippen LogP contribution in [0.3, 0.4) is 0 Å². The monoisotopic (exact) mass is 241 g/mol. The zero-order valence-corrected chi connectivity index (χ0v) is 10.2. The van der Waals surface area contributed by atoms with E-state index in [1.165, 1.54) is 0 Å². The van der Waals surface area contributed by atoms with Gasteiger partial charge in [-0.3, -0.25) is 13.8 Å². The highest BCUT2D eigenvalue weighted by Crippen LogP contribution is 2.07. The van der Waals surface area contributed by atoms with Gasteiger partial charge >= 0.3 is 0 Å². The summed E-state index contributed by atoms with van der Waals surface area (Å²) >= 11 is 0. The number of nitrogens with one attached hydrogen (secondary N) is 1.